The predicted molar refractivity (Wildman–Crippen MR) is 125 cm³/mol. The molecule has 2 N–H and O–H groups in total. The van der Waals surface area contributed by atoms with Crippen LogP contribution < -0.4 is 10.6 Å². The second-order valence-corrected chi connectivity index (χ2v) is 7.99. The minimum atomic E-state index is 0. The van der Waals surface area contributed by atoms with Crippen molar-refractivity contribution in [3.63, 3.8) is 0 Å². The van der Waals surface area contributed by atoms with E-state index in [1.54, 1.807) is 0 Å². The zero-order chi connectivity index (χ0) is 19.2. The molecule has 29 heavy (non-hydrogen) atoms. The van der Waals surface area contributed by atoms with E-state index in [9.17, 15) is 0 Å². The highest BCUT2D eigenvalue weighted by Gasteiger charge is 2.41. The van der Waals surface area contributed by atoms with Gasteiger partial charge in [0.25, 0.3) is 0 Å². The summed E-state index contributed by atoms with van der Waals surface area (Å²) in [6.07, 6.45) is 6.60. The molecule has 3 unspecified atom stereocenters. The number of nitrogens with zero attached hydrogens (tertiary/aromatic N) is 1. The molecule has 0 spiro atoms. The van der Waals surface area contributed by atoms with E-state index >= 15 is 0 Å². The molecular formula is C22H34IN3O3. The average Bonchev–Trinajstić information content (AvgIpc) is 3.35. The van der Waals surface area contributed by atoms with Gasteiger partial charge in [-0.2, -0.15) is 0 Å². The zero-order valence-electron chi connectivity index (χ0n) is 17.3. The summed E-state index contributed by atoms with van der Waals surface area (Å²) in [5.74, 6) is 0.885. The fourth-order valence-corrected chi connectivity index (χ4v) is 4.25. The summed E-state index contributed by atoms with van der Waals surface area (Å²) in [7, 11) is 0. The molecule has 3 aliphatic rings. The molecule has 2 bridgehead atoms. The largest absolute Gasteiger partial charge is 0.381 e. The standard InChI is InChI=1S/C22H33N3O3.HI/c1-2-23-22(25-20-13-19-7-8-21(20)28-19)24-14-16-3-5-17(6-4-16)15-27-18-9-11-26-12-10-18;/h3-6,18-21H,2,7-15H2,1H3,(H2,23,24,25);1H. The van der Waals surface area contributed by atoms with E-state index in [-0.39, 0.29) is 24.0 Å². The number of rotatable bonds is 7. The van der Waals surface area contributed by atoms with E-state index < -0.39 is 0 Å². The van der Waals surface area contributed by atoms with Crippen molar-refractivity contribution in [1.29, 1.82) is 0 Å². The fraction of sp³-hybridized carbons (Fsp3) is 0.682. The van der Waals surface area contributed by atoms with E-state index in [0.29, 0.717) is 37.5 Å². The molecule has 0 aromatic heterocycles. The molecule has 0 saturated carbocycles. The molecule has 0 amide bonds. The van der Waals surface area contributed by atoms with Crippen LogP contribution in [-0.2, 0) is 27.4 Å². The number of fused-ring (bicyclic) bond motifs is 2. The van der Waals surface area contributed by atoms with Gasteiger partial charge in [0.2, 0.25) is 0 Å². The van der Waals surface area contributed by atoms with Crippen LogP contribution in [0.25, 0.3) is 0 Å². The van der Waals surface area contributed by atoms with Crippen molar-refractivity contribution in [3.05, 3.63) is 35.4 Å². The van der Waals surface area contributed by atoms with Crippen LogP contribution >= 0.6 is 24.0 Å². The maximum absolute atomic E-state index is 6.00. The van der Waals surface area contributed by atoms with Gasteiger partial charge in [-0.05, 0) is 50.2 Å². The third-order valence-electron chi connectivity index (χ3n) is 5.87. The summed E-state index contributed by atoms with van der Waals surface area (Å²) < 4.78 is 17.3. The molecule has 3 atom stereocenters. The number of benzene rings is 1. The Morgan fingerprint density at radius 3 is 2.52 bits per heavy atom. The summed E-state index contributed by atoms with van der Waals surface area (Å²) >= 11 is 0. The van der Waals surface area contributed by atoms with E-state index in [0.717, 1.165) is 45.0 Å². The number of aliphatic imine (C=N–C) groups is 1. The summed E-state index contributed by atoms with van der Waals surface area (Å²) in [4.78, 5) is 4.77. The topological polar surface area (TPSA) is 64.1 Å². The van der Waals surface area contributed by atoms with Crippen LogP contribution in [0.2, 0.25) is 0 Å². The number of ether oxygens (including phenoxy) is 3. The molecule has 162 valence electrons. The minimum absolute atomic E-state index is 0. The SMILES string of the molecule is CCNC(=NCc1ccc(COC2CCOCC2)cc1)NC1CC2CCC1O2.I. The number of nitrogens with one attached hydrogen (secondary N) is 2. The Kier molecular flexibility index (Phi) is 9.02. The van der Waals surface area contributed by atoms with Crippen LogP contribution in [0.3, 0.4) is 0 Å². The molecular weight excluding hydrogens is 481 g/mol. The quantitative estimate of drug-likeness (QED) is 0.331. The lowest BCUT2D eigenvalue weighted by atomic mass is 9.96. The Labute approximate surface area is 191 Å². The third-order valence-corrected chi connectivity index (χ3v) is 5.87. The molecule has 3 fully saturated rings. The van der Waals surface area contributed by atoms with Gasteiger partial charge in [0.1, 0.15) is 0 Å². The van der Waals surface area contributed by atoms with Crippen LogP contribution in [-0.4, -0.2) is 50.1 Å². The molecule has 3 heterocycles. The highest BCUT2D eigenvalue weighted by molar-refractivity contribution is 14.0. The van der Waals surface area contributed by atoms with Crippen LogP contribution in [0.1, 0.15) is 50.2 Å². The number of guanidine groups is 1. The Hall–Kier alpha value is -0.900. The summed E-state index contributed by atoms with van der Waals surface area (Å²) in [5.41, 5.74) is 2.42. The first kappa shape index (κ1) is 22.8. The molecule has 1 aromatic rings. The molecule has 3 saturated heterocycles. The smallest absolute Gasteiger partial charge is 0.191 e. The molecule has 6 nitrogen and oxygen atoms in total. The van der Waals surface area contributed by atoms with Crippen molar-refractivity contribution in [2.24, 2.45) is 4.99 Å². The van der Waals surface area contributed by atoms with Crippen molar-refractivity contribution in [1.82, 2.24) is 10.6 Å². The first-order valence-corrected chi connectivity index (χ1v) is 10.8. The Balaban J connectivity index is 0.00000240. The molecule has 0 radical (unpaired) electrons. The van der Waals surface area contributed by atoms with Gasteiger partial charge >= 0.3 is 0 Å². The summed E-state index contributed by atoms with van der Waals surface area (Å²) in [5, 5.41) is 6.93. The molecule has 7 heteroatoms. The van der Waals surface area contributed by atoms with Gasteiger partial charge < -0.3 is 24.8 Å². The summed E-state index contributed by atoms with van der Waals surface area (Å²) in [6.45, 7) is 5.93. The van der Waals surface area contributed by atoms with Gasteiger partial charge in [0, 0.05) is 19.8 Å². The number of hydrogen-bond acceptors (Lipinski definition) is 4. The Morgan fingerprint density at radius 2 is 1.86 bits per heavy atom. The number of hydrogen-bond donors (Lipinski definition) is 2. The molecule has 1 aromatic carbocycles. The monoisotopic (exact) mass is 515 g/mol. The van der Waals surface area contributed by atoms with E-state index in [2.05, 4.69) is 41.8 Å². The first-order chi connectivity index (χ1) is 13.8. The Morgan fingerprint density at radius 1 is 1.10 bits per heavy atom. The van der Waals surface area contributed by atoms with Crippen molar-refractivity contribution >= 4 is 29.9 Å². The fourth-order valence-electron chi connectivity index (χ4n) is 4.25. The van der Waals surface area contributed by atoms with Gasteiger partial charge in [-0.1, -0.05) is 24.3 Å². The highest BCUT2D eigenvalue weighted by Crippen LogP contribution is 2.34. The first-order valence-electron chi connectivity index (χ1n) is 10.8. The second-order valence-electron chi connectivity index (χ2n) is 7.99. The van der Waals surface area contributed by atoms with Gasteiger partial charge in [-0.25, -0.2) is 4.99 Å². The molecule has 0 aliphatic carbocycles. The predicted octanol–water partition coefficient (Wildman–Crippen LogP) is 3.38. The third kappa shape index (κ3) is 6.54. The lowest BCUT2D eigenvalue weighted by Gasteiger charge is -2.22. The van der Waals surface area contributed by atoms with E-state index in [4.69, 9.17) is 19.2 Å². The normalized spacial score (nSPS) is 26.9. The minimum Gasteiger partial charge on any atom is -0.381 e. The maximum atomic E-state index is 6.00. The average molecular weight is 515 g/mol. The van der Waals surface area contributed by atoms with E-state index in [1.165, 1.54) is 24.0 Å². The second kappa shape index (κ2) is 11.5. The lowest BCUT2D eigenvalue weighted by molar-refractivity contribution is -0.0390. The zero-order valence-corrected chi connectivity index (χ0v) is 19.6. The van der Waals surface area contributed by atoms with Gasteiger partial charge in [-0.15, -0.1) is 24.0 Å². The Bertz CT molecular complexity index is 649. The van der Waals surface area contributed by atoms with Crippen molar-refractivity contribution < 1.29 is 14.2 Å². The van der Waals surface area contributed by atoms with Gasteiger partial charge in [-0.3, -0.25) is 0 Å². The van der Waals surface area contributed by atoms with Crippen molar-refractivity contribution in [2.45, 2.75) is 76.5 Å². The van der Waals surface area contributed by atoms with Crippen molar-refractivity contribution in [3.8, 4) is 0 Å². The lowest BCUT2D eigenvalue weighted by Crippen LogP contribution is -2.47. The maximum Gasteiger partial charge on any atom is 0.191 e. The highest BCUT2D eigenvalue weighted by atomic mass is 127. The van der Waals surface area contributed by atoms with Crippen LogP contribution in [0.4, 0.5) is 0 Å². The summed E-state index contributed by atoms with van der Waals surface area (Å²) in [6, 6.07) is 8.98. The van der Waals surface area contributed by atoms with Crippen molar-refractivity contribution in [2.75, 3.05) is 19.8 Å². The van der Waals surface area contributed by atoms with Gasteiger partial charge in [0.05, 0.1) is 37.5 Å². The van der Waals surface area contributed by atoms with E-state index in [1.807, 2.05) is 0 Å². The van der Waals surface area contributed by atoms with Gasteiger partial charge in [0.15, 0.2) is 5.96 Å². The van der Waals surface area contributed by atoms with Crippen LogP contribution in [0, 0.1) is 0 Å². The van der Waals surface area contributed by atoms with Crippen LogP contribution in [0.5, 0.6) is 0 Å². The molecule has 3 aliphatic heterocycles. The number of halogens is 1. The molecule has 4 rings (SSSR count). The van der Waals surface area contributed by atoms with Crippen LogP contribution in [0.15, 0.2) is 29.3 Å².